The van der Waals surface area contributed by atoms with Crippen LogP contribution in [0.15, 0.2) is 41.3 Å². The normalized spacial score (nSPS) is 15.0. The molecule has 0 bridgehead atoms. The number of carbonyl (C=O) groups is 2. The summed E-state index contributed by atoms with van der Waals surface area (Å²) < 4.78 is 11.0. The summed E-state index contributed by atoms with van der Waals surface area (Å²) in [6.45, 7) is 2.25. The number of benzene rings is 2. The van der Waals surface area contributed by atoms with Gasteiger partial charge in [-0.05, 0) is 60.7 Å². The van der Waals surface area contributed by atoms with Crippen molar-refractivity contribution < 1.29 is 19.1 Å². The molecular formula is C21H15Cl2NO4S. The Morgan fingerprint density at radius 2 is 2.00 bits per heavy atom. The molecule has 0 atom stereocenters. The maximum absolute atomic E-state index is 12.8. The number of terminal acetylenes is 1. The van der Waals surface area contributed by atoms with E-state index in [9.17, 15) is 9.59 Å². The van der Waals surface area contributed by atoms with E-state index in [4.69, 9.17) is 39.1 Å². The molecule has 5 nitrogen and oxygen atoms in total. The predicted molar refractivity (Wildman–Crippen MR) is 117 cm³/mol. The van der Waals surface area contributed by atoms with Crippen molar-refractivity contribution in [2.75, 3.05) is 18.1 Å². The topological polar surface area (TPSA) is 55.8 Å². The molecule has 1 aliphatic heterocycles. The van der Waals surface area contributed by atoms with Crippen molar-refractivity contribution in [1.82, 2.24) is 0 Å². The molecule has 1 fully saturated rings. The Kier molecular flexibility index (Phi) is 6.75. The summed E-state index contributed by atoms with van der Waals surface area (Å²) in [5.74, 6) is 2.66. The molecule has 1 aliphatic rings. The number of thioether (sulfide) groups is 1. The molecule has 29 heavy (non-hydrogen) atoms. The first-order chi connectivity index (χ1) is 13.9. The predicted octanol–water partition coefficient (Wildman–Crippen LogP) is 5.65. The molecule has 0 unspecified atom stereocenters. The van der Waals surface area contributed by atoms with Crippen molar-refractivity contribution in [3.8, 4) is 23.8 Å². The van der Waals surface area contributed by atoms with Gasteiger partial charge in [0.05, 0.1) is 22.2 Å². The Morgan fingerprint density at radius 1 is 1.21 bits per heavy atom. The number of nitrogens with zero attached hydrogens (tertiary/aromatic N) is 1. The third-order valence-electron chi connectivity index (χ3n) is 3.79. The lowest BCUT2D eigenvalue weighted by molar-refractivity contribution is -0.113. The third-order valence-corrected chi connectivity index (χ3v) is 5.17. The lowest BCUT2D eigenvalue weighted by Gasteiger charge is -2.13. The van der Waals surface area contributed by atoms with Crippen molar-refractivity contribution in [2.45, 2.75) is 6.92 Å². The highest BCUT2D eigenvalue weighted by Gasteiger charge is 2.36. The van der Waals surface area contributed by atoms with Gasteiger partial charge in [-0.3, -0.25) is 9.59 Å². The summed E-state index contributed by atoms with van der Waals surface area (Å²) in [5.41, 5.74) is 0.998. The monoisotopic (exact) mass is 447 g/mol. The fourth-order valence-electron chi connectivity index (χ4n) is 2.65. The summed E-state index contributed by atoms with van der Waals surface area (Å²) in [6.07, 6.45) is 6.81. The van der Waals surface area contributed by atoms with E-state index in [0.717, 1.165) is 16.7 Å². The van der Waals surface area contributed by atoms with Gasteiger partial charge >= 0.3 is 0 Å². The molecule has 0 saturated carbocycles. The van der Waals surface area contributed by atoms with Gasteiger partial charge in [-0.2, -0.15) is 0 Å². The zero-order valence-corrected chi connectivity index (χ0v) is 17.6. The molecule has 0 N–H and O–H groups in total. The highest BCUT2D eigenvalue weighted by molar-refractivity contribution is 8.19. The van der Waals surface area contributed by atoms with E-state index in [1.807, 2.05) is 6.92 Å². The number of hydrogen-bond donors (Lipinski definition) is 0. The molecule has 2 amide bonds. The Hall–Kier alpha value is -2.59. The minimum atomic E-state index is -0.441. The van der Waals surface area contributed by atoms with Crippen LogP contribution < -0.4 is 14.4 Å². The molecule has 1 heterocycles. The fourth-order valence-corrected chi connectivity index (χ4v) is 3.94. The van der Waals surface area contributed by atoms with E-state index >= 15 is 0 Å². The first-order valence-electron chi connectivity index (χ1n) is 8.50. The zero-order chi connectivity index (χ0) is 21.0. The van der Waals surface area contributed by atoms with Gasteiger partial charge in [0.15, 0.2) is 11.5 Å². The lowest BCUT2D eigenvalue weighted by atomic mass is 10.1. The molecular weight excluding hydrogens is 433 g/mol. The molecule has 1 saturated heterocycles. The Labute approximate surface area is 182 Å². The second-order valence-electron chi connectivity index (χ2n) is 5.75. The second-order valence-corrected chi connectivity index (χ2v) is 7.59. The largest absolute Gasteiger partial charge is 0.490 e. The zero-order valence-electron chi connectivity index (χ0n) is 15.3. The van der Waals surface area contributed by atoms with Crippen molar-refractivity contribution in [1.29, 1.82) is 0 Å². The van der Waals surface area contributed by atoms with Crippen molar-refractivity contribution in [3.05, 3.63) is 56.9 Å². The first kappa shape index (κ1) is 21.1. The van der Waals surface area contributed by atoms with E-state index in [2.05, 4.69) is 5.92 Å². The molecule has 8 heteroatoms. The minimum Gasteiger partial charge on any atom is -0.490 e. The molecule has 2 aromatic carbocycles. The molecule has 0 radical (unpaired) electrons. The van der Waals surface area contributed by atoms with Gasteiger partial charge in [-0.25, -0.2) is 4.90 Å². The number of halogens is 2. The van der Waals surface area contributed by atoms with Gasteiger partial charge in [0.2, 0.25) is 0 Å². The van der Waals surface area contributed by atoms with E-state index < -0.39 is 11.1 Å². The minimum absolute atomic E-state index is 0.0394. The van der Waals surface area contributed by atoms with E-state index in [1.54, 1.807) is 42.5 Å². The summed E-state index contributed by atoms with van der Waals surface area (Å²) in [6, 6.07) is 9.84. The van der Waals surface area contributed by atoms with E-state index in [1.165, 1.54) is 0 Å². The van der Waals surface area contributed by atoms with Gasteiger partial charge in [0.1, 0.15) is 6.61 Å². The molecule has 3 rings (SSSR count). The Morgan fingerprint density at radius 3 is 2.69 bits per heavy atom. The second kappa shape index (κ2) is 9.27. The number of hydrogen-bond acceptors (Lipinski definition) is 5. The average Bonchev–Trinajstić information content (AvgIpc) is 2.94. The van der Waals surface area contributed by atoms with E-state index in [-0.39, 0.29) is 16.5 Å². The summed E-state index contributed by atoms with van der Waals surface area (Å²) in [7, 11) is 0. The molecule has 2 aromatic rings. The summed E-state index contributed by atoms with van der Waals surface area (Å²) in [4.78, 5) is 26.5. The summed E-state index contributed by atoms with van der Waals surface area (Å²) >= 11 is 13.1. The van der Waals surface area contributed by atoms with Crippen LogP contribution in [0.1, 0.15) is 12.5 Å². The van der Waals surface area contributed by atoms with Crippen molar-refractivity contribution in [2.24, 2.45) is 0 Å². The summed E-state index contributed by atoms with van der Waals surface area (Å²) in [5, 5.41) is 0.307. The quantitative estimate of drug-likeness (QED) is 0.423. The lowest BCUT2D eigenvalue weighted by Crippen LogP contribution is -2.27. The number of ether oxygens (including phenoxy) is 2. The third kappa shape index (κ3) is 4.70. The maximum atomic E-state index is 12.8. The highest BCUT2D eigenvalue weighted by Crippen LogP contribution is 2.40. The van der Waals surface area contributed by atoms with Crippen LogP contribution in [0.4, 0.5) is 10.5 Å². The van der Waals surface area contributed by atoms with Crippen molar-refractivity contribution >= 4 is 57.9 Å². The van der Waals surface area contributed by atoms with Crippen LogP contribution in [0.2, 0.25) is 10.0 Å². The molecule has 0 aromatic heterocycles. The Balaban J connectivity index is 1.95. The molecule has 0 aliphatic carbocycles. The van der Waals surface area contributed by atoms with Crippen LogP contribution in [-0.2, 0) is 4.79 Å². The number of carbonyl (C=O) groups excluding carboxylic acids is 2. The SMILES string of the molecule is C#CCOc1c(Cl)cc(/C=C2/SC(=O)N(c3cccc(Cl)c3)C2=O)cc1OCC. The van der Waals surface area contributed by atoms with Gasteiger partial charge in [0.25, 0.3) is 11.1 Å². The number of rotatable bonds is 6. The molecule has 0 spiro atoms. The van der Waals surface area contributed by atoms with Crippen LogP contribution in [0.25, 0.3) is 6.08 Å². The Bertz CT molecular complexity index is 1050. The number of imide groups is 1. The number of anilines is 1. The van der Waals surface area contributed by atoms with Crippen LogP contribution in [0.5, 0.6) is 11.5 Å². The van der Waals surface area contributed by atoms with E-state index in [0.29, 0.717) is 34.4 Å². The van der Waals surface area contributed by atoms with Gasteiger partial charge in [0, 0.05) is 5.02 Å². The van der Waals surface area contributed by atoms with Crippen molar-refractivity contribution in [3.63, 3.8) is 0 Å². The number of amides is 2. The van der Waals surface area contributed by atoms with Crippen LogP contribution >= 0.6 is 35.0 Å². The standard InChI is InChI=1S/C21H15Cl2NO4S/c1-3-8-28-19-16(23)9-13(10-17(19)27-4-2)11-18-20(25)24(21(26)29-18)15-7-5-6-14(22)12-15/h1,5-7,9-12H,4,8H2,2H3/b18-11+. The maximum Gasteiger partial charge on any atom is 0.298 e. The first-order valence-corrected chi connectivity index (χ1v) is 10.1. The average molecular weight is 448 g/mol. The van der Waals surface area contributed by atoms with Gasteiger partial charge in [-0.1, -0.05) is 35.2 Å². The highest BCUT2D eigenvalue weighted by atomic mass is 35.5. The smallest absolute Gasteiger partial charge is 0.298 e. The fraction of sp³-hybridized carbons (Fsp3) is 0.143. The van der Waals surface area contributed by atoms with Gasteiger partial charge in [-0.15, -0.1) is 6.42 Å². The van der Waals surface area contributed by atoms with Gasteiger partial charge < -0.3 is 9.47 Å². The van der Waals surface area contributed by atoms with Crippen LogP contribution in [0.3, 0.4) is 0 Å². The van der Waals surface area contributed by atoms with Crippen LogP contribution in [-0.4, -0.2) is 24.4 Å². The van der Waals surface area contributed by atoms with Crippen LogP contribution in [0, 0.1) is 12.3 Å². The molecule has 148 valence electrons.